The fraction of sp³-hybridized carbons (Fsp3) is 0.263. The lowest BCUT2D eigenvalue weighted by molar-refractivity contribution is -0.142. The fourth-order valence-electron chi connectivity index (χ4n) is 2.43. The number of nitrogens with one attached hydrogen (secondary N) is 1. The Labute approximate surface area is 141 Å². The van der Waals surface area contributed by atoms with Gasteiger partial charge in [-0.3, -0.25) is 4.79 Å². The molecule has 0 spiro atoms. The molecule has 1 unspecified atom stereocenters. The Morgan fingerprint density at radius 3 is 2.25 bits per heavy atom. The van der Waals surface area contributed by atoms with Gasteiger partial charge in [0, 0.05) is 5.92 Å². The molecule has 5 nitrogen and oxygen atoms in total. The maximum atomic E-state index is 12.4. The molecule has 0 aliphatic carbocycles. The quantitative estimate of drug-likeness (QED) is 0.820. The lowest BCUT2D eigenvalue weighted by Gasteiger charge is -2.18. The summed E-state index contributed by atoms with van der Waals surface area (Å²) in [5.41, 5.74) is 1.54. The molecule has 0 saturated heterocycles. The number of amides is 1. The highest BCUT2D eigenvalue weighted by Gasteiger charge is 2.24. The molecule has 2 aromatic rings. The van der Waals surface area contributed by atoms with E-state index in [0.29, 0.717) is 12.0 Å². The lowest BCUT2D eigenvalue weighted by atomic mass is 9.99. The molecule has 0 bridgehead atoms. The summed E-state index contributed by atoms with van der Waals surface area (Å²) >= 11 is 0. The first-order chi connectivity index (χ1) is 11.5. The Kier molecular flexibility index (Phi) is 5.95. The molecule has 0 aromatic heterocycles. The van der Waals surface area contributed by atoms with Crippen LogP contribution in [0, 0.1) is 5.92 Å². The summed E-state index contributed by atoms with van der Waals surface area (Å²) in [5, 5.41) is 12.0. The van der Waals surface area contributed by atoms with Crippen LogP contribution in [0.1, 0.15) is 24.1 Å². The average Bonchev–Trinajstić information content (AvgIpc) is 2.60. The van der Waals surface area contributed by atoms with E-state index in [1.54, 1.807) is 44.4 Å². The Hall–Kier alpha value is -2.82. The molecule has 5 heteroatoms. The predicted octanol–water partition coefficient (Wildman–Crippen LogP) is 2.82. The summed E-state index contributed by atoms with van der Waals surface area (Å²) in [5.74, 6) is -0.955. The molecule has 126 valence electrons. The summed E-state index contributed by atoms with van der Waals surface area (Å²) in [4.78, 5) is 23.8. The van der Waals surface area contributed by atoms with Crippen molar-refractivity contribution in [2.75, 3.05) is 7.11 Å². The first-order valence-electron chi connectivity index (χ1n) is 7.72. The van der Waals surface area contributed by atoms with E-state index in [2.05, 4.69) is 5.32 Å². The van der Waals surface area contributed by atoms with Gasteiger partial charge in [-0.15, -0.1) is 0 Å². The van der Waals surface area contributed by atoms with Gasteiger partial charge in [0.15, 0.2) is 6.04 Å². The van der Waals surface area contributed by atoms with Gasteiger partial charge in [0.1, 0.15) is 5.75 Å². The second kappa shape index (κ2) is 8.15. The molecule has 2 N–H and O–H groups in total. The number of rotatable bonds is 7. The smallest absolute Gasteiger partial charge is 0.330 e. The number of carboxylic acids is 1. The van der Waals surface area contributed by atoms with Crippen LogP contribution in [-0.4, -0.2) is 24.1 Å². The van der Waals surface area contributed by atoms with Crippen LogP contribution in [0.2, 0.25) is 0 Å². The standard InChI is InChI=1S/C19H21NO4/c1-13(12-14-8-10-16(24-2)11-9-14)18(21)20-17(19(22)23)15-6-4-3-5-7-15/h3-11,13,17H,12H2,1-2H3,(H,20,21)(H,22,23)/t13?,17-/m0/s1. The van der Waals surface area contributed by atoms with Gasteiger partial charge in [0.25, 0.3) is 0 Å². The van der Waals surface area contributed by atoms with Gasteiger partial charge < -0.3 is 15.2 Å². The highest BCUT2D eigenvalue weighted by atomic mass is 16.5. The van der Waals surface area contributed by atoms with Gasteiger partial charge in [0.05, 0.1) is 7.11 Å². The molecular formula is C19H21NO4. The van der Waals surface area contributed by atoms with Crippen molar-refractivity contribution in [3.8, 4) is 5.75 Å². The third kappa shape index (κ3) is 4.59. The van der Waals surface area contributed by atoms with E-state index in [4.69, 9.17) is 4.74 Å². The number of carbonyl (C=O) groups is 2. The van der Waals surface area contributed by atoms with Gasteiger partial charge >= 0.3 is 5.97 Å². The minimum atomic E-state index is -1.08. The average molecular weight is 327 g/mol. The molecule has 1 amide bonds. The molecule has 0 radical (unpaired) electrons. The molecule has 0 fully saturated rings. The zero-order valence-electron chi connectivity index (χ0n) is 13.7. The number of hydrogen-bond donors (Lipinski definition) is 2. The van der Waals surface area contributed by atoms with Gasteiger partial charge in [-0.25, -0.2) is 4.79 Å². The van der Waals surface area contributed by atoms with Crippen molar-refractivity contribution < 1.29 is 19.4 Å². The number of benzene rings is 2. The van der Waals surface area contributed by atoms with Crippen molar-refractivity contribution in [1.82, 2.24) is 5.32 Å². The first-order valence-corrected chi connectivity index (χ1v) is 7.72. The Balaban J connectivity index is 2.02. The van der Waals surface area contributed by atoms with Gasteiger partial charge in [-0.05, 0) is 29.7 Å². The molecular weight excluding hydrogens is 306 g/mol. The molecule has 2 rings (SSSR count). The van der Waals surface area contributed by atoms with E-state index in [0.717, 1.165) is 11.3 Å². The summed E-state index contributed by atoms with van der Waals surface area (Å²) < 4.78 is 5.11. The highest BCUT2D eigenvalue weighted by Crippen LogP contribution is 2.17. The lowest BCUT2D eigenvalue weighted by Crippen LogP contribution is -2.37. The SMILES string of the molecule is COc1ccc(CC(C)C(=O)N[C@H](C(=O)O)c2ccccc2)cc1. The molecule has 2 atom stereocenters. The van der Waals surface area contributed by atoms with Crippen molar-refractivity contribution in [3.05, 3.63) is 65.7 Å². The van der Waals surface area contributed by atoms with E-state index in [1.807, 2.05) is 24.3 Å². The topological polar surface area (TPSA) is 75.6 Å². The molecule has 0 heterocycles. The van der Waals surface area contributed by atoms with Crippen molar-refractivity contribution in [3.63, 3.8) is 0 Å². The van der Waals surface area contributed by atoms with Crippen molar-refractivity contribution in [1.29, 1.82) is 0 Å². The number of methoxy groups -OCH3 is 1. The normalized spacial score (nSPS) is 12.9. The Morgan fingerprint density at radius 1 is 1.08 bits per heavy atom. The summed E-state index contributed by atoms with van der Waals surface area (Å²) in [7, 11) is 1.60. The summed E-state index contributed by atoms with van der Waals surface area (Å²) in [6, 6.07) is 15.1. The summed E-state index contributed by atoms with van der Waals surface area (Å²) in [6.07, 6.45) is 0.525. The van der Waals surface area contributed by atoms with Crippen molar-refractivity contribution >= 4 is 11.9 Å². The van der Waals surface area contributed by atoms with Gasteiger partial charge in [0.2, 0.25) is 5.91 Å². The van der Waals surface area contributed by atoms with Crippen LogP contribution >= 0.6 is 0 Å². The molecule has 0 aliphatic heterocycles. The molecule has 0 aliphatic rings. The molecule has 24 heavy (non-hydrogen) atoms. The number of ether oxygens (including phenoxy) is 1. The number of aliphatic carboxylic acids is 1. The largest absolute Gasteiger partial charge is 0.497 e. The number of carboxylic acid groups (broad SMARTS) is 1. The third-order valence-electron chi connectivity index (χ3n) is 3.81. The minimum Gasteiger partial charge on any atom is -0.497 e. The number of carbonyl (C=O) groups excluding carboxylic acids is 1. The highest BCUT2D eigenvalue weighted by molar-refractivity contribution is 5.85. The first kappa shape index (κ1) is 17.5. The number of hydrogen-bond acceptors (Lipinski definition) is 3. The molecule has 0 saturated carbocycles. The van der Waals surface area contributed by atoms with E-state index in [1.165, 1.54) is 0 Å². The minimum absolute atomic E-state index is 0.290. The second-order valence-corrected chi connectivity index (χ2v) is 5.64. The van der Waals surface area contributed by atoms with Gasteiger partial charge in [-0.2, -0.15) is 0 Å². The van der Waals surface area contributed by atoms with Crippen LogP contribution < -0.4 is 10.1 Å². The Morgan fingerprint density at radius 2 is 1.71 bits per heavy atom. The summed E-state index contributed by atoms with van der Waals surface area (Å²) in [6.45, 7) is 1.78. The van der Waals surface area contributed by atoms with E-state index in [-0.39, 0.29) is 11.8 Å². The van der Waals surface area contributed by atoms with E-state index < -0.39 is 12.0 Å². The van der Waals surface area contributed by atoms with Crippen LogP contribution in [0.4, 0.5) is 0 Å². The van der Waals surface area contributed by atoms with Crippen LogP contribution in [0.5, 0.6) is 5.75 Å². The molecule has 2 aromatic carbocycles. The monoisotopic (exact) mass is 327 g/mol. The van der Waals surface area contributed by atoms with Crippen LogP contribution in [0.15, 0.2) is 54.6 Å². The predicted molar refractivity (Wildman–Crippen MR) is 90.8 cm³/mol. The fourth-order valence-corrected chi connectivity index (χ4v) is 2.43. The zero-order valence-corrected chi connectivity index (χ0v) is 13.7. The second-order valence-electron chi connectivity index (χ2n) is 5.64. The zero-order chi connectivity index (χ0) is 17.5. The third-order valence-corrected chi connectivity index (χ3v) is 3.81. The van der Waals surface area contributed by atoms with Crippen molar-refractivity contribution in [2.24, 2.45) is 5.92 Å². The van der Waals surface area contributed by atoms with Crippen LogP contribution in [0.25, 0.3) is 0 Å². The van der Waals surface area contributed by atoms with E-state index in [9.17, 15) is 14.7 Å². The van der Waals surface area contributed by atoms with Crippen LogP contribution in [-0.2, 0) is 16.0 Å². The Bertz CT molecular complexity index is 682. The van der Waals surface area contributed by atoms with E-state index >= 15 is 0 Å². The maximum Gasteiger partial charge on any atom is 0.330 e. The maximum absolute atomic E-state index is 12.4. The van der Waals surface area contributed by atoms with Crippen LogP contribution in [0.3, 0.4) is 0 Å². The van der Waals surface area contributed by atoms with Crippen molar-refractivity contribution in [2.45, 2.75) is 19.4 Å². The van der Waals surface area contributed by atoms with Gasteiger partial charge in [-0.1, -0.05) is 49.4 Å².